The van der Waals surface area contributed by atoms with Crippen molar-refractivity contribution >= 4 is 17.0 Å². The number of aliphatic hydroxyl groups is 1. The van der Waals surface area contributed by atoms with Crippen molar-refractivity contribution in [3.8, 4) is 11.1 Å². The number of hydrogen-bond donors (Lipinski definition) is 3. The Hall–Kier alpha value is -2.52. The number of methoxy groups -OCH3 is 1. The molecule has 2 fully saturated rings. The minimum absolute atomic E-state index is 0.119. The first-order valence-corrected chi connectivity index (χ1v) is 12.9. The van der Waals surface area contributed by atoms with Gasteiger partial charge in [-0.3, -0.25) is 4.90 Å². The summed E-state index contributed by atoms with van der Waals surface area (Å²) in [5.41, 5.74) is 4.64. The summed E-state index contributed by atoms with van der Waals surface area (Å²) in [6, 6.07) is 9.41. The fraction of sp³-hybridized carbons (Fsp3) is 0.556. The van der Waals surface area contributed by atoms with Crippen molar-refractivity contribution in [1.82, 2.24) is 24.8 Å². The predicted molar refractivity (Wildman–Crippen MR) is 140 cm³/mol. The zero-order valence-corrected chi connectivity index (χ0v) is 20.9. The number of piperazine rings is 1. The molecule has 0 spiro atoms. The van der Waals surface area contributed by atoms with Crippen LogP contribution in [0.5, 0.6) is 0 Å². The van der Waals surface area contributed by atoms with Crippen molar-refractivity contribution < 1.29 is 9.84 Å². The maximum Gasteiger partial charge on any atom is 0.224 e. The fourth-order valence-corrected chi connectivity index (χ4v) is 5.37. The number of nitrogens with zero attached hydrogens (tertiary/aromatic N) is 4. The van der Waals surface area contributed by atoms with Gasteiger partial charge >= 0.3 is 0 Å². The SMILES string of the molecule is COC[C@@H](C)Nc1ncc2c(-c3ccc(CN4CCNCC4)cc3)cn([C@H]3CC[C@H](O)CC3)c2n1. The van der Waals surface area contributed by atoms with Gasteiger partial charge in [0.2, 0.25) is 5.95 Å². The van der Waals surface area contributed by atoms with Gasteiger partial charge in [0.15, 0.2) is 0 Å². The van der Waals surface area contributed by atoms with E-state index < -0.39 is 0 Å². The highest BCUT2D eigenvalue weighted by molar-refractivity contribution is 5.94. The van der Waals surface area contributed by atoms with E-state index in [2.05, 4.69) is 62.5 Å². The van der Waals surface area contributed by atoms with Gasteiger partial charge in [0.25, 0.3) is 0 Å². The van der Waals surface area contributed by atoms with E-state index in [0.29, 0.717) is 18.6 Å². The largest absolute Gasteiger partial charge is 0.393 e. The van der Waals surface area contributed by atoms with E-state index in [-0.39, 0.29) is 12.1 Å². The normalized spacial score (nSPS) is 22.4. The summed E-state index contributed by atoms with van der Waals surface area (Å²) in [6.45, 7) is 7.98. The number of anilines is 1. The fourth-order valence-electron chi connectivity index (χ4n) is 5.37. The molecule has 8 heteroatoms. The van der Waals surface area contributed by atoms with Crippen LogP contribution in [0.4, 0.5) is 5.95 Å². The van der Waals surface area contributed by atoms with Gasteiger partial charge in [-0.25, -0.2) is 4.98 Å². The highest BCUT2D eigenvalue weighted by atomic mass is 16.5. The Morgan fingerprint density at radius 1 is 1.14 bits per heavy atom. The average Bonchev–Trinajstić information content (AvgIpc) is 3.24. The molecule has 35 heavy (non-hydrogen) atoms. The van der Waals surface area contributed by atoms with Crippen molar-refractivity contribution in [2.45, 2.75) is 57.3 Å². The molecule has 188 valence electrons. The predicted octanol–water partition coefficient (Wildman–Crippen LogP) is 3.43. The summed E-state index contributed by atoms with van der Waals surface area (Å²) in [5, 5.41) is 17.9. The van der Waals surface area contributed by atoms with Crippen LogP contribution in [0.1, 0.15) is 44.2 Å². The molecular weight excluding hydrogens is 440 g/mol. The standard InChI is InChI=1S/C27H38N6O2/c1-19(18-35-2)30-27-29-15-24-25(17-33(26(24)31-27)22-7-9-23(34)10-8-22)21-5-3-20(4-6-21)16-32-13-11-28-12-14-32/h3-6,15,17,19,22-23,28,34H,7-14,16,18H2,1-2H3,(H,29,30,31)/t19-,22-,23-/m1/s1. The first kappa shape index (κ1) is 24.2. The second kappa shape index (κ2) is 11.0. The zero-order chi connectivity index (χ0) is 24.2. The van der Waals surface area contributed by atoms with E-state index in [1.807, 2.05) is 6.20 Å². The van der Waals surface area contributed by atoms with Gasteiger partial charge in [-0.2, -0.15) is 4.98 Å². The van der Waals surface area contributed by atoms with Crippen LogP contribution in [0.25, 0.3) is 22.2 Å². The molecule has 3 N–H and O–H groups in total. The second-order valence-corrected chi connectivity index (χ2v) is 10.1. The van der Waals surface area contributed by atoms with E-state index >= 15 is 0 Å². The number of ether oxygens (including phenoxy) is 1. The Balaban J connectivity index is 1.45. The van der Waals surface area contributed by atoms with Crippen LogP contribution >= 0.6 is 0 Å². The van der Waals surface area contributed by atoms with Crippen LogP contribution in [0.15, 0.2) is 36.7 Å². The first-order chi connectivity index (χ1) is 17.1. The number of benzene rings is 1. The second-order valence-electron chi connectivity index (χ2n) is 10.1. The van der Waals surface area contributed by atoms with E-state index in [9.17, 15) is 5.11 Å². The Labute approximate surface area is 207 Å². The first-order valence-electron chi connectivity index (χ1n) is 12.9. The van der Waals surface area contributed by atoms with E-state index in [0.717, 1.165) is 75.0 Å². The minimum Gasteiger partial charge on any atom is -0.393 e. The molecule has 1 aliphatic carbocycles. The third-order valence-electron chi connectivity index (χ3n) is 7.30. The third kappa shape index (κ3) is 5.67. The van der Waals surface area contributed by atoms with E-state index in [1.165, 1.54) is 11.1 Å². The topological polar surface area (TPSA) is 87.5 Å². The number of fused-ring (bicyclic) bond motifs is 1. The lowest BCUT2D eigenvalue weighted by atomic mass is 9.93. The van der Waals surface area contributed by atoms with Gasteiger partial charge in [0, 0.05) is 75.3 Å². The van der Waals surface area contributed by atoms with Crippen LogP contribution in [0, 0.1) is 0 Å². The molecule has 2 aromatic heterocycles. The minimum atomic E-state index is -0.183. The molecule has 5 rings (SSSR count). The molecule has 1 aliphatic heterocycles. The van der Waals surface area contributed by atoms with Crippen molar-refractivity contribution in [3.63, 3.8) is 0 Å². The number of aliphatic hydroxyl groups excluding tert-OH is 1. The molecule has 3 heterocycles. The lowest BCUT2D eigenvalue weighted by molar-refractivity contribution is 0.111. The smallest absolute Gasteiger partial charge is 0.224 e. The summed E-state index contributed by atoms with van der Waals surface area (Å²) >= 11 is 0. The zero-order valence-electron chi connectivity index (χ0n) is 20.9. The summed E-state index contributed by atoms with van der Waals surface area (Å²) in [7, 11) is 1.70. The van der Waals surface area contributed by atoms with E-state index in [1.54, 1.807) is 7.11 Å². The van der Waals surface area contributed by atoms with Gasteiger partial charge in [-0.1, -0.05) is 24.3 Å². The highest BCUT2D eigenvalue weighted by Crippen LogP contribution is 2.36. The van der Waals surface area contributed by atoms with Crippen molar-refractivity contribution in [2.75, 3.05) is 45.2 Å². The number of rotatable bonds is 8. The van der Waals surface area contributed by atoms with Crippen LogP contribution in [-0.2, 0) is 11.3 Å². The molecule has 1 saturated carbocycles. The van der Waals surface area contributed by atoms with Gasteiger partial charge in [-0.05, 0) is 43.7 Å². The number of hydrogen-bond acceptors (Lipinski definition) is 7. The molecule has 0 amide bonds. The van der Waals surface area contributed by atoms with Crippen LogP contribution in [0.3, 0.4) is 0 Å². The summed E-state index contributed by atoms with van der Waals surface area (Å²) in [4.78, 5) is 12.1. The van der Waals surface area contributed by atoms with Crippen molar-refractivity contribution in [2.24, 2.45) is 0 Å². The molecule has 1 aromatic carbocycles. The highest BCUT2D eigenvalue weighted by Gasteiger charge is 2.24. The maximum atomic E-state index is 10.0. The lowest BCUT2D eigenvalue weighted by Crippen LogP contribution is -2.42. The molecule has 0 radical (unpaired) electrons. The summed E-state index contributed by atoms with van der Waals surface area (Å²) < 4.78 is 7.58. The van der Waals surface area contributed by atoms with Gasteiger partial charge in [0.05, 0.1) is 12.7 Å². The molecule has 2 aliphatic rings. The monoisotopic (exact) mass is 478 g/mol. The lowest BCUT2D eigenvalue weighted by Gasteiger charge is -2.27. The van der Waals surface area contributed by atoms with Crippen LogP contribution < -0.4 is 10.6 Å². The molecule has 3 aromatic rings. The van der Waals surface area contributed by atoms with Gasteiger partial charge < -0.3 is 25.0 Å². The Morgan fingerprint density at radius 3 is 2.60 bits per heavy atom. The quantitative estimate of drug-likeness (QED) is 0.457. The number of nitrogens with one attached hydrogen (secondary N) is 2. The van der Waals surface area contributed by atoms with E-state index in [4.69, 9.17) is 9.72 Å². The maximum absolute atomic E-state index is 10.0. The Kier molecular flexibility index (Phi) is 7.63. The van der Waals surface area contributed by atoms with Gasteiger partial charge in [0.1, 0.15) is 5.65 Å². The third-order valence-corrected chi connectivity index (χ3v) is 7.30. The van der Waals surface area contributed by atoms with Crippen LogP contribution in [0.2, 0.25) is 0 Å². The molecule has 1 saturated heterocycles. The molecule has 1 atom stereocenters. The molecule has 0 unspecified atom stereocenters. The van der Waals surface area contributed by atoms with Gasteiger partial charge in [-0.15, -0.1) is 0 Å². The Bertz CT molecular complexity index is 1100. The molecule has 8 nitrogen and oxygen atoms in total. The summed E-state index contributed by atoms with van der Waals surface area (Å²) in [6.07, 6.45) is 7.60. The molecular formula is C27H38N6O2. The number of aromatic nitrogens is 3. The van der Waals surface area contributed by atoms with Crippen LogP contribution in [-0.4, -0.2) is 76.6 Å². The van der Waals surface area contributed by atoms with Crippen molar-refractivity contribution in [3.05, 3.63) is 42.2 Å². The molecule has 0 bridgehead atoms. The van der Waals surface area contributed by atoms with Crippen molar-refractivity contribution in [1.29, 1.82) is 0 Å². The summed E-state index contributed by atoms with van der Waals surface area (Å²) in [5.74, 6) is 0.621. The average molecular weight is 479 g/mol. The Morgan fingerprint density at radius 2 is 1.89 bits per heavy atom.